The van der Waals surface area contributed by atoms with Gasteiger partial charge in [0, 0.05) is 36.6 Å². The summed E-state index contributed by atoms with van der Waals surface area (Å²) < 4.78 is 0. The molecule has 2 heterocycles. The molecule has 0 radical (unpaired) electrons. The van der Waals surface area contributed by atoms with Crippen molar-refractivity contribution < 1.29 is 0 Å². The van der Waals surface area contributed by atoms with Gasteiger partial charge in [0.05, 0.1) is 0 Å². The molecule has 2 atom stereocenters. The molecule has 2 nitrogen and oxygen atoms in total. The molecule has 0 bridgehead atoms. The molecule has 2 heteroatoms. The average Bonchev–Trinajstić information content (AvgIpc) is 3.07. The summed E-state index contributed by atoms with van der Waals surface area (Å²) in [6.45, 7) is 6.90. The molecule has 8 rings (SSSR count). The second kappa shape index (κ2) is 10.3. The Kier molecular flexibility index (Phi) is 6.20. The topological polar surface area (TPSA) is 25.8 Å². The molecule has 0 aliphatic heterocycles. The summed E-state index contributed by atoms with van der Waals surface area (Å²) in [7, 11) is 0. The van der Waals surface area contributed by atoms with E-state index in [1.807, 2.05) is 36.9 Å². The lowest BCUT2D eigenvalue weighted by molar-refractivity contribution is 0.591. The highest BCUT2D eigenvalue weighted by Gasteiger charge is 2.34. The number of allylic oxidation sites excluding steroid dienone is 2. The molecule has 2 aliphatic rings. The molecule has 0 saturated carbocycles. The SMILES string of the molecule is CC(C)(C)c1cc2c3c4c(ccc3c1)C(c1ccc(-c3cccnc3)cc1)=CC(c1ccc(-c3cccnc3)cc1)C4C=C2. The third kappa shape index (κ3) is 4.50. The molecular weight excluding hydrogens is 532 g/mol. The summed E-state index contributed by atoms with van der Waals surface area (Å²) in [5, 5.41) is 2.73. The van der Waals surface area contributed by atoms with E-state index in [-0.39, 0.29) is 17.3 Å². The minimum Gasteiger partial charge on any atom is -0.264 e. The third-order valence-corrected chi connectivity index (χ3v) is 9.38. The highest BCUT2D eigenvalue weighted by molar-refractivity contribution is 6.02. The molecule has 0 saturated heterocycles. The monoisotopic (exact) mass is 566 g/mol. The van der Waals surface area contributed by atoms with Gasteiger partial charge < -0.3 is 0 Å². The average molecular weight is 567 g/mol. The minimum atomic E-state index is 0.0882. The van der Waals surface area contributed by atoms with E-state index in [4.69, 9.17) is 0 Å². The second-order valence-corrected chi connectivity index (χ2v) is 13.1. The summed E-state index contributed by atoms with van der Waals surface area (Å²) in [6.07, 6.45) is 14.8. The van der Waals surface area contributed by atoms with Crippen LogP contribution in [0.4, 0.5) is 0 Å². The van der Waals surface area contributed by atoms with Gasteiger partial charge in [-0.25, -0.2) is 0 Å². The van der Waals surface area contributed by atoms with E-state index in [1.165, 1.54) is 60.9 Å². The number of nitrogens with zero attached hydrogens (tertiary/aromatic N) is 2. The summed E-state index contributed by atoms with van der Waals surface area (Å²) in [4.78, 5) is 8.65. The third-order valence-electron chi connectivity index (χ3n) is 9.38. The predicted octanol–water partition coefficient (Wildman–Crippen LogP) is 10.6. The zero-order chi connectivity index (χ0) is 29.8. The maximum absolute atomic E-state index is 4.33. The van der Waals surface area contributed by atoms with Gasteiger partial charge >= 0.3 is 0 Å². The first-order valence-corrected chi connectivity index (χ1v) is 15.5. The number of hydrogen-bond donors (Lipinski definition) is 0. The fourth-order valence-corrected chi connectivity index (χ4v) is 7.01. The van der Waals surface area contributed by atoms with E-state index in [0.717, 1.165) is 11.1 Å². The van der Waals surface area contributed by atoms with Crippen LogP contribution >= 0.6 is 0 Å². The molecule has 212 valence electrons. The maximum Gasteiger partial charge on any atom is 0.0346 e. The smallest absolute Gasteiger partial charge is 0.0346 e. The number of rotatable bonds is 4. The van der Waals surface area contributed by atoms with Gasteiger partial charge in [-0.15, -0.1) is 0 Å². The standard InChI is InChI=1S/C42H34N2/c1-42(2,3)35-22-31-16-18-36-38(29-12-8-27(9-13-29)33-6-4-20-43-25-33)24-39(37-19-17-32(23-35)40(31)41(36)37)30-14-10-28(11-15-30)34-7-5-21-44-26-34/h4-26,36,38H,1-3H3. The van der Waals surface area contributed by atoms with Gasteiger partial charge in [-0.05, 0) is 89.5 Å². The first-order valence-electron chi connectivity index (χ1n) is 15.5. The van der Waals surface area contributed by atoms with E-state index >= 15 is 0 Å². The van der Waals surface area contributed by atoms with Crippen LogP contribution < -0.4 is 0 Å². The van der Waals surface area contributed by atoms with E-state index in [9.17, 15) is 0 Å². The van der Waals surface area contributed by atoms with Crippen LogP contribution in [-0.2, 0) is 5.41 Å². The normalized spacial score (nSPS) is 17.0. The van der Waals surface area contributed by atoms with Gasteiger partial charge in [-0.2, -0.15) is 0 Å². The molecule has 44 heavy (non-hydrogen) atoms. The highest BCUT2D eigenvalue weighted by atomic mass is 14.6. The number of aromatic nitrogens is 2. The van der Waals surface area contributed by atoms with Crippen molar-refractivity contribution in [3.63, 3.8) is 0 Å². The number of hydrogen-bond acceptors (Lipinski definition) is 2. The predicted molar refractivity (Wildman–Crippen MR) is 184 cm³/mol. The molecule has 2 aliphatic carbocycles. The maximum atomic E-state index is 4.33. The van der Waals surface area contributed by atoms with Crippen molar-refractivity contribution >= 4 is 22.4 Å². The Bertz CT molecular complexity index is 2060. The Labute approximate surface area is 259 Å². The molecule has 0 spiro atoms. The second-order valence-electron chi connectivity index (χ2n) is 13.1. The minimum absolute atomic E-state index is 0.0882. The molecule has 6 aromatic rings. The quantitative estimate of drug-likeness (QED) is 0.212. The Balaban J connectivity index is 1.29. The molecule has 0 amide bonds. The van der Waals surface area contributed by atoms with Crippen LogP contribution in [0.1, 0.15) is 66.0 Å². The zero-order valence-corrected chi connectivity index (χ0v) is 25.3. The van der Waals surface area contributed by atoms with E-state index in [0.29, 0.717) is 0 Å². The lowest BCUT2D eigenvalue weighted by Crippen LogP contribution is -2.18. The van der Waals surface area contributed by atoms with Crippen LogP contribution in [0.25, 0.3) is 44.7 Å². The molecule has 2 unspecified atom stereocenters. The van der Waals surface area contributed by atoms with Crippen molar-refractivity contribution in [2.45, 2.75) is 38.0 Å². The van der Waals surface area contributed by atoms with Crippen LogP contribution in [-0.4, -0.2) is 9.97 Å². The van der Waals surface area contributed by atoms with E-state index in [2.05, 4.69) is 134 Å². The van der Waals surface area contributed by atoms with Gasteiger partial charge in [0.1, 0.15) is 0 Å². The first kappa shape index (κ1) is 26.5. The van der Waals surface area contributed by atoms with Gasteiger partial charge in [-0.1, -0.05) is 124 Å². The summed E-state index contributed by atoms with van der Waals surface area (Å²) in [6, 6.07) is 35.9. The van der Waals surface area contributed by atoms with Gasteiger partial charge in [0.2, 0.25) is 0 Å². The van der Waals surface area contributed by atoms with Gasteiger partial charge in [0.25, 0.3) is 0 Å². The van der Waals surface area contributed by atoms with Crippen molar-refractivity contribution in [2.24, 2.45) is 0 Å². The lowest BCUT2D eigenvalue weighted by Gasteiger charge is -2.35. The molecule has 0 fully saturated rings. The van der Waals surface area contributed by atoms with Crippen LogP contribution in [0.2, 0.25) is 0 Å². The number of benzene rings is 4. The van der Waals surface area contributed by atoms with Crippen LogP contribution in [0, 0.1) is 0 Å². The van der Waals surface area contributed by atoms with Crippen molar-refractivity contribution in [2.75, 3.05) is 0 Å². The van der Waals surface area contributed by atoms with E-state index < -0.39 is 0 Å². The Morgan fingerprint density at radius 2 is 1.25 bits per heavy atom. The summed E-state index contributed by atoms with van der Waals surface area (Å²) in [5.74, 6) is 0.486. The molecule has 0 N–H and O–H groups in total. The lowest BCUT2D eigenvalue weighted by atomic mass is 9.68. The van der Waals surface area contributed by atoms with Crippen LogP contribution in [0.5, 0.6) is 0 Å². The van der Waals surface area contributed by atoms with Crippen molar-refractivity contribution in [3.05, 3.63) is 167 Å². The first-order chi connectivity index (χ1) is 21.4. The van der Waals surface area contributed by atoms with Crippen molar-refractivity contribution in [3.8, 4) is 22.3 Å². The van der Waals surface area contributed by atoms with Gasteiger partial charge in [-0.3, -0.25) is 9.97 Å². The molecule has 2 aromatic heterocycles. The highest BCUT2D eigenvalue weighted by Crippen LogP contribution is 2.52. The Morgan fingerprint density at radius 1 is 0.614 bits per heavy atom. The summed E-state index contributed by atoms with van der Waals surface area (Å²) >= 11 is 0. The fourth-order valence-electron chi connectivity index (χ4n) is 7.01. The fraction of sp³-hybridized carbons (Fsp3) is 0.143. The zero-order valence-electron chi connectivity index (χ0n) is 25.3. The van der Waals surface area contributed by atoms with E-state index in [1.54, 1.807) is 0 Å². The van der Waals surface area contributed by atoms with Crippen molar-refractivity contribution in [1.82, 2.24) is 9.97 Å². The largest absolute Gasteiger partial charge is 0.264 e. The molecule has 4 aromatic carbocycles. The van der Waals surface area contributed by atoms with Crippen molar-refractivity contribution in [1.29, 1.82) is 0 Å². The van der Waals surface area contributed by atoms with Crippen LogP contribution in [0.3, 0.4) is 0 Å². The van der Waals surface area contributed by atoms with Crippen LogP contribution in [0.15, 0.2) is 134 Å². The molecular formula is C42H34N2. The number of pyridine rings is 2. The summed E-state index contributed by atoms with van der Waals surface area (Å²) in [5.41, 5.74) is 14.1. The Hall–Kier alpha value is -5.08. The van der Waals surface area contributed by atoms with Gasteiger partial charge in [0.15, 0.2) is 0 Å². The Morgan fingerprint density at radius 3 is 1.86 bits per heavy atom.